The smallest absolute Gasteiger partial charge is 0.252 e. The summed E-state index contributed by atoms with van der Waals surface area (Å²) in [5.41, 5.74) is 44.0. The van der Waals surface area contributed by atoms with Gasteiger partial charge in [0, 0.05) is 115 Å². The van der Waals surface area contributed by atoms with E-state index in [0.29, 0.717) is 26.1 Å². The lowest BCUT2D eigenvalue weighted by Crippen LogP contribution is -2.62. The standard InChI is InChI=1S/C133H121BN6/c1-130(2,3)97-57-69-119-115(87-97)116-88-98(131(4,5)6)58-70-120(116)136(119)76-71-89-55-67-117-125(82-89)137(77-73-109-105(93-35-17-13-18-36-93)47-33-48-106(109)94-37-19-14-20-38-94)127-84-91(72-75-135(101-59-63-103(64-60-101)139-121-51-29-25-43-111(121)112-44-26-30-52-122(112)139)102-61-65-104(66-62-102)140-123-53-31-27-45-113(123)114-46-28-32-54-124(114)140)85-128-129(127)134(117)118-68-56-90(79-92-80-99(132(7,8)9)86-100(81-92)133(10,11)12)83-126(118)138(128)78-74-110-107(95-39-21-15-22-40-95)49-34-50-108(110)96-41-23-16-24-42-96/h13-70,80-88H,71-79H2,1-12H3. The summed E-state index contributed by atoms with van der Waals surface area (Å²) in [5.74, 6) is 0. The molecule has 0 amide bonds. The van der Waals surface area contributed by atoms with Crippen molar-refractivity contribution in [2.24, 2.45) is 0 Å². The molecule has 0 aliphatic carbocycles. The van der Waals surface area contributed by atoms with E-state index in [9.17, 15) is 0 Å². The molecule has 0 N–H and O–H groups in total. The molecule has 21 aromatic rings. The molecular formula is C133H121BN6. The van der Waals surface area contributed by atoms with Gasteiger partial charge in [-0.05, 0) is 292 Å². The van der Waals surface area contributed by atoms with E-state index in [-0.39, 0.29) is 28.4 Å². The largest absolute Gasteiger partial charge is 0.342 e. The Morgan fingerprint density at radius 3 is 0.971 bits per heavy atom. The minimum Gasteiger partial charge on any atom is -0.342 e. The second-order valence-electron chi connectivity index (χ2n) is 43.3. The lowest BCUT2D eigenvalue weighted by atomic mass is 9.33. The highest BCUT2D eigenvalue weighted by Gasteiger charge is 2.44. The van der Waals surface area contributed by atoms with Crippen LogP contribution in [0.1, 0.15) is 139 Å². The van der Waals surface area contributed by atoms with Crippen molar-refractivity contribution in [2.75, 3.05) is 34.3 Å². The Balaban J connectivity index is 0.744. The van der Waals surface area contributed by atoms with Crippen LogP contribution in [0.5, 0.6) is 0 Å². The highest BCUT2D eigenvalue weighted by molar-refractivity contribution is 7.00. The van der Waals surface area contributed by atoms with Crippen LogP contribution in [0.25, 0.3) is 121 Å². The lowest BCUT2D eigenvalue weighted by Gasteiger charge is -2.45. The fourth-order valence-corrected chi connectivity index (χ4v) is 22.9. The van der Waals surface area contributed by atoms with Gasteiger partial charge in [-0.1, -0.05) is 368 Å². The van der Waals surface area contributed by atoms with Gasteiger partial charge in [0.15, 0.2) is 0 Å². The van der Waals surface area contributed by atoms with Gasteiger partial charge in [-0.15, -0.1) is 0 Å². The first-order chi connectivity index (χ1) is 67.9. The Hall–Kier alpha value is -15.2. The van der Waals surface area contributed by atoms with Crippen LogP contribution in [0.2, 0.25) is 0 Å². The molecule has 686 valence electrons. The zero-order chi connectivity index (χ0) is 95.5. The van der Waals surface area contributed by atoms with Crippen LogP contribution in [0.3, 0.4) is 0 Å². The summed E-state index contributed by atoms with van der Waals surface area (Å²) in [4.78, 5) is 8.23. The molecule has 0 unspecified atom stereocenters. The zero-order valence-electron chi connectivity index (χ0n) is 82.8. The first kappa shape index (κ1) is 88.8. The third-order valence-corrected chi connectivity index (χ3v) is 30.3. The van der Waals surface area contributed by atoms with Crippen molar-refractivity contribution in [3.63, 3.8) is 0 Å². The molecule has 23 rings (SSSR count). The third-order valence-electron chi connectivity index (χ3n) is 30.3. The predicted molar refractivity (Wildman–Crippen MR) is 599 cm³/mol. The number of fused-ring (bicyclic) bond motifs is 13. The fraction of sp³-hybridized carbons (Fsp3) is 0.188. The van der Waals surface area contributed by atoms with Crippen molar-refractivity contribution < 1.29 is 0 Å². The van der Waals surface area contributed by atoms with Crippen LogP contribution in [0.15, 0.2) is 406 Å². The summed E-state index contributed by atoms with van der Waals surface area (Å²) in [6.45, 7) is 31.0. The van der Waals surface area contributed by atoms with Crippen LogP contribution >= 0.6 is 0 Å². The summed E-state index contributed by atoms with van der Waals surface area (Å²) in [7, 11) is 0. The minimum atomic E-state index is -0.136. The van der Waals surface area contributed by atoms with Crippen molar-refractivity contribution >= 4 is 123 Å². The van der Waals surface area contributed by atoms with Gasteiger partial charge < -0.3 is 28.4 Å². The summed E-state index contributed by atoms with van der Waals surface area (Å²) in [5, 5.41) is 7.64. The Bertz CT molecular complexity index is 7810. The minimum absolute atomic E-state index is 0.0182. The number of aromatic nitrogens is 3. The molecule has 0 saturated heterocycles. The number of hydrogen-bond donors (Lipinski definition) is 0. The Kier molecular flexibility index (Phi) is 22.6. The monoisotopic (exact) mass is 1810 g/mol. The van der Waals surface area contributed by atoms with Gasteiger partial charge in [0.2, 0.25) is 0 Å². The second-order valence-corrected chi connectivity index (χ2v) is 43.3. The number of anilines is 6. The van der Waals surface area contributed by atoms with Gasteiger partial charge in [-0.25, -0.2) is 0 Å². The molecule has 0 saturated carbocycles. The topological polar surface area (TPSA) is 24.5 Å². The van der Waals surface area contributed by atoms with Crippen molar-refractivity contribution in [1.82, 2.24) is 13.7 Å². The fourth-order valence-electron chi connectivity index (χ4n) is 22.9. The average Bonchev–Trinajstić information content (AvgIpc) is 0.741. The predicted octanol–water partition coefficient (Wildman–Crippen LogP) is 32.0. The second kappa shape index (κ2) is 35.7. The molecule has 5 heterocycles. The van der Waals surface area contributed by atoms with Gasteiger partial charge in [0.1, 0.15) is 0 Å². The molecule has 140 heavy (non-hydrogen) atoms. The highest BCUT2D eigenvalue weighted by atomic mass is 15.2. The van der Waals surface area contributed by atoms with Gasteiger partial charge in [0.05, 0.1) is 22.1 Å². The highest BCUT2D eigenvalue weighted by Crippen LogP contribution is 2.47. The molecule has 0 radical (unpaired) electrons. The van der Waals surface area contributed by atoms with Gasteiger partial charge >= 0.3 is 0 Å². The molecule has 0 fully saturated rings. The SMILES string of the molecule is CC(C)(C)c1cc(Cc2ccc3c(c2)N(CCc2c(-c4ccccc4)cccc2-c2ccccc2)c2cc(CCN(c4ccc(-n5c6ccccc6c6ccccc65)cc4)c4ccc(-n5c6ccccc6c6ccccc65)cc4)cc4c2B3c2ccc(CCn3c5ccc(C(C)(C)C)cc5c5cc(C(C)(C)C)ccc53)cc2N4CCc2c(-c3ccccc3)cccc2-c2ccccc2)cc(C(C)(C)C)c1. The molecule has 2 aliphatic heterocycles. The summed E-state index contributed by atoms with van der Waals surface area (Å²) < 4.78 is 7.53. The normalized spacial score (nSPS) is 12.8. The van der Waals surface area contributed by atoms with E-state index in [4.69, 9.17) is 0 Å². The first-order valence-corrected chi connectivity index (χ1v) is 50.6. The molecular weight excluding hydrogens is 1690 g/mol. The maximum Gasteiger partial charge on any atom is 0.252 e. The van der Waals surface area contributed by atoms with Crippen LogP contribution in [-0.2, 0) is 60.3 Å². The van der Waals surface area contributed by atoms with E-state index in [1.165, 1.54) is 205 Å². The zero-order valence-corrected chi connectivity index (χ0v) is 82.8. The van der Waals surface area contributed by atoms with Crippen LogP contribution < -0.4 is 31.1 Å². The Morgan fingerprint density at radius 2 is 0.593 bits per heavy atom. The molecule has 0 atom stereocenters. The number of aryl methyl sites for hydroxylation is 2. The van der Waals surface area contributed by atoms with E-state index in [1.54, 1.807) is 0 Å². The Morgan fingerprint density at radius 1 is 0.243 bits per heavy atom. The molecule has 0 spiro atoms. The molecule has 18 aromatic carbocycles. The van der Waals surface area contributed by atoms with Crippen LogP contribution in [0.4, 0.5) is 34.1 Å². The number of hydrogen-bond acceptors (Lipinski definition) is 3. The van der Waals surface area contributed by atoms with Gasteiger partial charge in [-0.2, -0.15) is 0 Å². The van der Waals surface area contributed by atoms with E-state index in [2.05, 4.69) is 518 Å². The molecule has 7 heteroatoms. The molecule has 2 aliphatic rings. The summed E-state index contributed by atoms with van der Waals surface area (Å²) >= 11 is 0. The first-order valence-electron chi connectivity index (χ1n) is 50.6. The Labute approximate surface area is 826 Å². The number of nitrogens with zero attached hydrogens (tertiary/aromatic N) is 6. The van der Waals surface area contributed by atoms with Crippen molar-refractivity contribution in [3.05, 3.63) is 462 Å². The van der Waals surface area contributed by atoms with Gasteiger partial charge in [0.25, 0.3) is 6.71 Å². The average molecular weight is 1810 g/mol. The van der Waals surface area contributed by atoms with Crippen molar-refractivity contribution in [3.8, 4) is 55.9 Å². The molecule has 0 bridgehead atoms. The maximum atomic E-state index is 2.82. The van der Waals surface area contributed by atoms with E-state index < -0.39 is 0 Å². The number of rotatable bonds is 22. The van der Waals surface area contributed by atoms with Gasteiger partial charge in [-0.3, -0.25) is 0 Å². The summed E-state index contributed by atoms with van der Waals surface area (Å²) in [6.07, 6.45) is 3.84. The third kappa shape index (κ3) is 16.5. The van der Waals surface area contributed by atoms with E-state index in [0.717, 1.165) is 55.0 Å². The van der Waals surface area contributed by atoms with Crippen molar-refractivity contribution in [1.29, 1.82) is 0 Å². The molecule has 3 aromatic heterocycles. The molecule has 6 nitrogen and oxygen atoms in total. The van der Waals surface area contributed by atoms with Crippen molar-refractivity contribution in [2.45, 2.75) is 143 Å². The lowest BCUT2D eigenvalue weighted by molar-refractivity contribution is 0.567. The number of benzene rings is 18. The van der Waals surface area contributed by atoms with Crippen LogP contribution in [0, 0.1) is 0 Å². The van der Waals surface area contributed by atoms with Crippen LogP contribution in [-0.4, -0.2) is 40.0 Å². The number of para-hydroxylation sites is 4. The quantitative estimate of drug-likeness (QED) is 0.0632. The van der Waals surface area contributed by atoms with E-state index in [1.807, 2.05) is 0 Å². The summed E-state index contributed by atoms with van der Waals surface area (Å²) in [6, 6.07) is 156. The van der Waals surface area contributed by atoms with E-state index >= 15 is 0 Å². The maximum absolute atomic E-state index is 2.82.